The molecule has 1 fully saturated rings. The van der Waals surface area contributed by atoms with E-state index in [1.165, 1.54) is 0 Å². The molecule has 2 N–H and O–H groups in total. The lowest BCUT2D eigenvalue weighted by molar-refractivity contribution is -0.115. The van der Waals surface area contributed by atoms with Crippen LogP contribution in [0.3, 0.4) is 0 Å². The van der Waals surface area contributed by atoms with Gasteiger partial charge in [-0.2, -0.15) is 0 Å². The molecule has 0 aliphatic carbocycles. The molecule has 1 aliphatic heterocycles. The number of anilines is 2. The van der Waals surface area contributed by atoms with Gasteiger partial charge < -0.3 is 20.4 Å². The Morgan fingerprint density at radius 3 is 2.42 bits per heavy atom. The third kappa shape index (κ3) is 4.80. The zero-order valence-electron chi connectivity index (χ0n) is 14.8. The van der Waals surface area contributed by atoms with Gasteiger partial charge in [0.25, 0.3) is 5.91 Å². The number of aromatic nitrogens is 1. The molecule has 1 aromatic heterocycles. The molecule has 2 aromatic rings. The minimum absolute atomic E-state index is 0.102. The molecule has 0 unspecified atom stereocenters. The van der Waals surface area contributed by atoms with Gasteiger partial charge in [0, 0.05) is 31.7 Å². The Labute approximate surface area is 153 Å². The Balaban J connectivity index is 1.48. The van der Waals surface area contributed by atoms with Crippen LogP contribution in [0.25, 0.3) is 0 Å². The quantitative estimate of drug-likeness (QED) is 0.845. The number of piperazine rings is 1. The number of benzene rings is 1. The van der Waals surface area contributed by atoms with E-state index >= 15 is 0 Å². The fourth-order valence-corrected chi connectivity index (χ4v) is 2.75. The Bertz CT molecular complexity index is 740. The number of hydrogen-bond donors (Lipinski definition) is 2. The SMILES string of the molecule is CN1CCN(c2ccc(NC(=O)CNC(=O)c3ccccc3)nc2)CC1. The largest absolute Gasteiger partial charge is 0.368 e. The molecular formula is C19H23N5O2. The molecule has 0 spiro atoms. The maximum atomic E-state index is 12.0. The molecule has 7 heteroatoms. The second-order valence-electron chi connectivity index (χ2n) is 6.29. The lowest BCUT2D eigenvalue weighted by Crippen LogP contribution is -2.44. The van der Waals surface area contributed by atoms with Crippen molar-refractivity contribution in [3.05, 3.63) is 54.2 Å². The van der Waals surface area contributed by atoms with Gasteiger partial charge >= 0.3 is 0 Å². The van der Waals surface area contributed by atoms with Crippen molar-refractivity contribution < 1.29 is 9.59 Å². The standard InChI is InChI=1S/C19H23N5O2/c1-23-9-11-24(12-10-23)16-7-8-17(20-13-16)22-18(25)14-21-19(26)15-5-3-2-4-6-15/h2-8,13H,9-12,14H2,1H3,(H,21,26)(H,20,22,25). The van der Waals surface area contributed by atoms with Gasteiger partial charge in [0.2, 0.25) is 5.91 Å². The first-order valence-corrected chi connectivity index (χ1v) is 8.64. The number of nitrogens with one attached hydrogen (secondary N) is 2. The third-order valence-corrected chi connectivity index (χ3v) is 4.33. The fraction of sp³-hybridized carbons (Fsp3) is 0.316. The normalized spacial score (nSPS) is 14.7. The fourth-order valence-electron chi connectivity index (χ4n) is 2.75. The summed E-state index contributed by atoms with van der Waals surface area (Å²) in [4.78, 5) is 32.8. The summed E-state index contributed by atoms with van der Waals surface area (Å²) in [6.45, 7) is 3.89. The summed E-state index contributed by atoms with van der Waals surface area (Å²) >= 11 is 0. The number of carbonyl (C=O) groups excluding carboxylic acids is 2. The molecule has 1 saturated heterocycles. The second kappa shape index (κ2) is 8.44. The van der Waals surface area contributed by atoms with E-state index in [0.29, 0.717) is 11.4 Å². The monoisotopic (exact) mass is 353 g/mol. The first-order chi connectivity index (χ1) is 12.6. The molecule has 1 aliphatic rings. The van der Waals surface area contributed by atoms with Crippen LogP contribution in [0.2, 0.25) is 0 Å². The number of amides is 2. The third-order valence-electron chi connectivity index (χ3n) is 4.33. The van der Waals surface area contributed by atoms with Crippen molar-refractivity contribution >= 4 is 23.3 Å². The van der Waals surface area contributed by atoms with Crippen molar-refractivity contribution in [3.8, 4) is 0 Å². The lowest BCUT2D eigenvalue weighted by Gasteiger charge is -2.33. The topological polar surface area (TPSA) is 77.6 Å². The summed E-state index contributed by atoms with van der Waals surface area (Å²) in [5, 5.41) is 5.29. The van der Waals surface area contributed by atoms with Crippen LogP contribution in [0.4, 0.5) is 11.5 Å². The highest BCUT2D eigenvalue weighted by Gasteiger charge is 2.14. The number of rotatable bonds is 5. The van der Waals surface area contributed by atoms with Crippen LogP contribution in [0.1, 0.15) is 10.4 Å². The highest BCUT2D eigenvalue weighted by molar-refractivity contribution is 5.99. The van der Waals surface area contributed by atoms with Crippen molar-refractivity contribution in [3.63, 3.8) is 0 Å². The van der Waals surface area contributed by atoms with Crippen molar-refractivity contribution in [1.82, 2.24) is 15.2 Å². The number of likely N-dealkylation sites (N-methyl/N-ethyl adjacent to an activating group) is 1. The molecule has 2 amide bonds. The first kappa shape index (κ1) is 17.9. The molecule has 7 nitrogen and oxygen atoms in total. The maximum Gasteiger partial charge on any atom is 0.251 e. The van der Waals surface area contributed by atoms with Gasteiger partial charge in [-0.15, -0.1) is 0 Å². The average Bonchev–Trinajstić information content (AvgIpc) is 2.68. The van der Waals surface area contributed by atoms with E-state index in [2.05, 4.69) is 32.5 Å². The molecule has 0 bridgehead atoms. The number of nitrogens with zero attached hydrogens (tertiary/aromatic N) is 3. The van der Waals surface area contributed by atoms with E-state index < -0.39 is 0 Å². The Hall–Kier alpha value is -2.93. The zero-order chi connectivity index (χ0) is 18.4. The van der Waals surface area contributed by atoms with Crippen LogP contribution >= 0.6 is 0 Å². The number of carbonyl (C=O) groups is 2. The van der Waals surface area contributed by atoms with Crippen molar-refractivity contribution in [2.45, 2.75) is 0 Å². The summed E-state index contributed by atoms with van der Waals surface area (Å²) in [6.07, 6.45) is 1.77. The lowest BCUT2D eigenvalue weighted by atomic mass is 10.2. The Kier molecular flexibility index (Phi) is 5.80. The maximum absolute atomic E-state index is 12.0. The zero-order valence-corrected chi connectivity index (χ0v) is 14.8. The highest BCUT2D eigenvalue weighted by atomic mass is 16.2. The molecule has 26 heavy (non-hydrogen) atoms. The molecule has 0 atom stereocenters. The Morgan fingerprint density at radius 2 is 1.77 bits per heavy atom. The molecule has 0 saturated carbocycles. The molecule has 136 valence electrons. The van der Waals surface area contributed by atoms with Gasteiger partial charge in [0.15, 0.2) is 0 Å². The van der Waals surface area contributed by atoms with Gasteiger partial charge in [-0.05, 0) is 31.3 Å². The summed E-state index contributed by atoms with van der Waals surface area (Å²) in [5.41, 5.74) is 1.57. The van der Waals surface area contributed by atoms with E-state index in [9.17, 15) is 9.59 Å². The van der Waals surface area contributed by atoms with Crippen molar-refractivity contribution in [2.24, 2.45) is 0 Å². The number of hydrogen-bond acceptors (Lipinski definition) is 5. The molecule has 1 aromatic carbocycles. The summed E-state index contributed by atoms with van der Waals surface area (Å²) in [6, 6.07) is 12.5. The van der Waals surface area contributed by atoms with Gasteiger partial charge in [-0.25, -0.2) is 4.98 Å². The molecule has 2 heterocycles. The van der Waals surface area contributed by atoms with Gasteiger partial charge in [0.05, 0.1) is 18.4 Å². The predicted molar refractivity (Wildman–Crippen MR) is 101 cm³/mol. The van der Waals surface area contributed by atoms with Crippen LogP contribution in [-0.2, 0) is 4.79 Å². The van der Waals surface area contributed by atoms with Gasteiger partial charge in [-0.1, -0.05) is 18.2 Å². The minimum Gasteiger partial charge on any atom is -0.368 e. The summed E-state index contributed by atoms with van der Waals surface area (Å²) in [5.74, 6) is -0.116. The summed E-state index contributed by atoms with van der Waals surface area (Å²) in [7, 11) is 2.12. The van der Waals surface area contributed by atoms with E-state index in [0.717, 1.165) is 31.9 Å². The van der Waals surface area contributed by atoms with Crippen LogP contribution in [0.15, 0.2) is 48.7 Å². The average molecular weight is 353 g/mol. The van der Waals surface area contributed by atoms with E-state index in [4.69, 9.17) is 0 Å². The molecule has 0 radical (unpaired) electrons. The van der Waals surface area contributed by atoms with Gasteiger partial charge in [-0.3, -0.25) is 9.59 Å². The predicted octanol–water partition coefficient (Wildman–Crippen LogP) is 1.20. The van der Waals surface area contributed by atoms with E-state index in [1.54, 1.807) is 36.5 Å². The highest BCUT2D eigenvalue weighted by Crippen LogP contribution is 2.16. The molecule has 3 rings (SSSR count). The van der Waals surface area contributed by atoms with Crippen LogP contribution in [0, 0.1) is 0 Å². The van der Waals surface area contributed by atoms with Crippen LogP contribution in [-0.4, -0.2) is 61.5 Å². The number of pyridine rings is 1. The Morgan fingerprint density at radius 1 is 1.04 bits per heavy atom. The van der Waals surface area contributed by atoms with Gasteiger partial charge in [0.1, 0.15) is 5.82 Å². The van der Waals surface area contributed by atoms with E-state index in [1.807, 2.05) is 12.1 Å². The first-order valence-electron chi connectivity index (χ1n) is 8.64. The smallest absolute Gasteiger partial charge is 0.251 e. The summed E-state index contributed by atoms with van der Waals surface area (Å²) < 4.78 is 0. The van der Waals surface area contributed by atoms with Crippen LogP contribution in [0.5, 0.6) is 0 Å². The van der Waals surface area contributed by atoms with Crippen molar-refractivity contribution in [1.29, 1.82) is 0 Å². The van der Waals surface area contributed by atoms with Crippen LogP contribution < -0.4 is 15.5 Å². The van der Waals surface area contributed by atoms with Crippen molar-refractivity contribution in [2.75, 3.05) is 50.0 Å². The van der Waals surface area contributed by atoms with E-state index in [-0.39, 0.29) is 18.4 Å². The molecular weight excluding hydrogens is 330 g/mol. The second-order valence-corrected chi connectivity index (χ2v) is 6.29. The minimum atomic E-state index is -0.311.